The summed E-state index contributed by atoms with van der Waals surface area (Å²) in [6, 6.07) is 19.3. The molecule has 0 fully saturated rings. The first kappa shape index (κ1) is 21.3. The monoisotopic (exact) mass is 448 g/mol. The number of anilines is 2. The zero-order valence-electron chi connectivity index (χ0n) is 17.4. The van der Waals surface area contributed by atoms with Gasteiger partial charge in [0.15, 0.2) is 11.2 Å². The second-order valence-electron chi connectivity index (χ2n) is 7.38. The molecule has 1 heterocycles. The van der Waals surface area contributed by atoms with Gasteiger partial charge in [-0.2, -0.15) is 0 Å². The molecule has 4 aromatic rings. The summed E-state index contributed by atoms with van der Waals surface area (Å²) >= 11 is 0. The van der Waals surface area contributed by atoms with Crippen molar-refractivity contribution in [2.24, 2.45) is 0 Å². The Kier molecular flexibility index (Phi) is 5.54. The van der Waals surface area contributed by atoms with Crippen LogP contribution in [0.4, 0.5) is 11.4 Å². The van der Waals surface area contributed by atoms with Gasteiger partial charge in [0, 0.05) is 17.4 Å². The third-order valence-corrected chi connectivity index (χ3v) is 6.39. The minimum atomic E-state index is -3.89. The van der Waals surface area contributed by atoms with Gasteiger partial charge >= 0.3 is 0 Å². The molecule has 0 aliphatic rings. The van der Waals surface area contributed by atoms with Crippen LogP contribution in [-0.4, -0.2) is 14.3 Å². The van der Waals surface area contributed by atoms with Gasteiger partial charge in [-0.1, -0.05) is 30.3 Å². The van der Waals surface area contributed by atoms with E-state index < -0.39 is 15.9 Å². The molecule has 0 bridgehead atoms. The molecule has 1 aromatic heterocycles. The van der Waals surface area contributed by atoms with E-state index in [1.807, 2.05) is 13.0 Å². The molecule has 0 saturated heterocycles. The number of aryl methyl sites for hydroxylation is 2. The number of nitrogens with one attached hydrogen (secondary N) is 2. The summed E-state index contributed by atoms with van der Waals surface area (Å²) in [6.07, 6.45) is 0. The van der Waals surface area contributed by atoms with Crippen LogP contribution in [0.15, 0.2) is 86.9 Å². The number of hydrogen-bond acceptors (Lipinski definition) is 5. The second-order valence-corrected chi connectivity index (χ2v) is 9.03. The van der Waals surface area contributed by atoms with Gasteiger partial charge in [0.2, 0.25) is 0 Å². The van der Waals surface area contributed by atoms with Crippen molar-refractivity contribution in [3.8, 4) is 0 Å². The lowest BCUT2D eigenvalue weighted by molar-refractivity contribution is 0.0997. The van der Waals surface area contributed by atoms with E-state index in [-0.39, 0.29) is 21.8 Å². The highest BCUT2D eigenvalue weighted by atomic mass is 32.2. The molecule has 1 amide bonds. The molecule has 0 unspecified atom stereocenters. The van der Waals surface area contributed by atoms with Crippen molar-refractivity contribution < 1.29 is 17.6 Å². The molecular formula is C24H20N2O5S. The number of carbonyl (C=O) groups is 1. The van der Waals surface area contributed by atoms with Gasteiger partial charge in [0.1, 0.15) is 5.58 Å². The average Bonchev–Trinajstić information content (AvgIpc) is 2.74. The lowest BCUT2D eigenvalue weighted by atomic mass is 10.2. The largest absolute Gasteiger partial charge is 0.451 e. The van der Waals surface area contributed by atoms with Crippen molar-refractivity contribution >= 4 is 38.3 Å². The molecule has 7 nitrogen and oxygen atoms in total. The van der Waals surface area contributed by atoms with E-state index in [4.69, 9.17) is 4.42 Å². The molecule has 4 rings (SSSR count). The third kappa shape index (κ3) is 4.40. The Morgan fingerprint density at radius 2 is 1.66 bits per heavy atom. The number of rotatable bonds is 5. The number of carbonyl (C=O) groups excluding carboxylic acids is 1. The minimum absolute atomic E-state index is 0.0248. The van der Waals surface area contributed by atoms with Crippen LogP contribution in [0.3, 0.4) is 0 Å². The summed E-state index contributed by atoms with van der Waals surface area (Å²) in [4.78, 5) is 25.0. The first-order chi connectivity index (χ1) is 15.2. The van der Waals surface area contributed by atoms with E-state index in [1.165, 1.54) is 6.07 Å². The van der Waals surface area contributed by atoms with Crippen molar-refractivity contribution in [2.75, 3.05) is 10.0 Å². The van der Waals surface area contributed by atoms with Gasteiger partial charge in [0.25, 0.3) is 15.9 Å². The second kappa shape index (κ2) is 8.32. The van der Waals surface area contributed by atoms with Gasteiger partial charge in [-0.25, -0.2) is 8.42 Å². The fourth-order valence-corrected chi connectivity index (χ4v) is 4.62. The van der Waals surface area contributed by atoms with Crippen molar-refractivity contribution in [1.82, 2.24) is 0 Å². The number of sulfonamides is 1. The summed E-state index contributed by atoms with van der Waals surface area (Å²) in [6.45, 7) is 3.53. The van der Waals surface area contributed by atoms with Gasteiger partial charge < -0.3 is 9.73 Å². The number of fused-ring (bicyclic) bond motifs is 1. The highest BCUT2D eigenvalue weighted by Crippen LogP contribution is 2.24. The van der Waals surface area contributed by atoms with Gasteiger partial charge in [0.05, 0.1) is 10.3 Å². The van der Waals surface area contributed by atoms with Crippen LogP contribution in [0.2, 0.25) is 0 Å². The maximum atomic E-state index is 12.9. The van der Waals surface area contributed by atoms with Crippen LogP contribution in [0.25, 0.3) is 11.0 Å². The third-order valence-electron chi connectivity index (χ3n) is 4.86. The van der Waals surface area contributed by atoms with Crippen molar-refractivity contribution in [1.29, 1.82) is 0 Å². The number of benzene rings is 3. The Hall–Kier alpha value is -3.91. The predicted molar refractivity (Wildman–Crippen MR) is 124 cm³/mol. The summed E-state index contributed by atoms with van der Waals surface area (Å²) in [7, 11) is -3.89. The zero-order valence-corrected chi connectivity index (χ0v) is 18.2. The normalized spacial score (nSPS) is 11.3. The minimum Gasteiger partial charge on any atom is -0.451 e. The molecule has 0 saturated carbocycles. The molecule has 2 N–H and O–H groups in total. The Morgan fingerprint density at radius 3 is 2.44 bits per heavy atom. The first-order valence-corrected chi connectivity index (χ1v) is 11.3. The molecule has 3 aromatic carbocycles. The molecule has 0 aliphatic carbocycles. The Balaban J connectivity index is 1.63. The smallest absolute Gasteiger partial charge is 0.291 e. The summed E-state index contributed by atoms with van der Waals surface area (Å²) in [5, 5.41) is 2.97. The highest BCUT2D eigenvalue weighted by molar-refractivity contribution is 7.92. The summed E-state index contributed by atoms with van der Waals surface area (Å²) in [5.41, 5.74) is 2.07. The quantitative estimate of drug-likeness (QED) is 0.469. The van der Waals surface area contributed by atoms with Crippen LogP contribution < -0.4 is 15.5 Å². The average molecular weight is 449 g/mol. The van der Waals surface area contributed by atoms with E-state index in [0.29, 0.717) is 22.2 Å². The van der Waals surface area contributed by atoms with Crippen LogP contribution in [-0.2, 0) is 10.0 Å². The molecule has 162 valence electrons. The molecule has 0 aliphatic heterocycles. The van der Waals surface area contributed by atoms with E-state index in [1.54, 1.807) is 61.5 Å². The van der Waals surface area contributed by atoms with Gasteiger partial charge in [-0.05, 0) is 61.4 Å². The van der Waals surface area contributed by atoms with Crippen molar-refractivity contribution in [3.05, 3.63) is 99.9 Å². The molecular weight excluding hydrogens is 428 g/mol. The van der Waals surface area contributed by atoms with Crippen LogP contribution in [0.1, 0.15) is 21.7 Å². The predicted octanol–water partition coefficient (Wildman–Crippen LogP) is 4.46. The fourth-order valence-electron chi connectivity index (χ4n) is 3.29. The van der Waals surface area contributed by atoms with Crippen LogP contribution in [0.5, 0.6) is 0 Å². The summed E-state index contributed by atoms with van der Waals surface area (Å²) in [5.74, 6) is -0.830. The van der Waals surface area contributed by atoms with E-state index in [9.17, 15) is 18.0 Å². The van der Waals surface area contributed by atoms with Gasteiger partial charge in [-0.15, -0.1) is 0 Å². The lowest BCUT2D eigenvalue weighted by Gasteiger charge is -2.13. The lowest BCUT2D eigenvalue weighted by Crippen LogP contribution is -2.17. The topological polar surface area (TPSA) is 105 Å². The maximum absolute atomic E-state index is 12.9. The molecule has 8 heteroatoms. The Labute approximate surface area is 184 Å². The van der Waals surface area contributed by atoms with E-state index >= 15 is 0 Å². The summed E-state index contributed by atoms with van der Waals surface area (Å²) < 4.78 is 34.0. The van der Waals surface area contributed by atoms with Crippen LogP contribution >= 0.6 is 0 Å². The molecule has 0 radical (unpaired) electrons. The first-order valence-electron chi connectivity index (χ1n) is 9.77. The molecule has 32 heavy (non-hydrogen) atoms. The van der Waals surface area contributed by atoms with Gasteiger partial charge in [-0.3, -0.25) is 14.3 Å². The van der Waals surface area contributed by atoms with E-state index in [2.05, 4.69) is 10.0 Å². The standard InChI is InChI=1S/C24H20N2O5S/c1-15-6-5-7-18(12-15)26-32(29,30)23-13-17(11-10-16(23)2)25-24(28)22-14-20(27)19-8-3-4-9-21(19)31-22/h3-14,26H,1-2H3,(H,25,28). The Morgan fingerprint density at radius 1 is 0.875 bits per heavy atom. The maximum Gasteiger partial charge on any atom is 0.291 e. The SMILES string of the molecule is Cc1cccc(NS(=O)(=O)c2cc(NC(=O)c3cc(=O)c4ccccc4o3)ccc2C)c1. The van der Waals surface area contributed by atoms with Crippen molar-refractivity contribution in [2.45, 2.75) is 18.7 Å². The number of amides is 1. The number of hydrogen-bond donors (Lipinski definition) is 2. The molecule has 0 spiro atoms. The zero-order chi connectivity index (χ0) is 22.9. The Bertz CT molecular complexity index is 1510. The van der Waals surface area contributed by atoms with Crippen molar-refractivity contribution in [3.63, 3.8) is 0 Å². The van der Waals surface area contributed by atoms with E-state index in [0.717, 1.165) is 11.6 Å². The highest BCUT2D eigenvalue weighted by Gasteiger charge is 2.19. The molecule has 0 atom stereocenters. The fraction of sp³-hybridized carbons (Fsp3) is 0.0833. The van der Waals surface area contributed by atoms with Crippen LogP contribution in [0, 0.1) is 13.8 Å². The number of para-hydroxylation sites is 1.